The van der Waals surface area contributed by atoms with Gasteiger partial charge in [-0.3, -0.25) is 9.59 Å². The zero-order chi connectivity index (χ0) is 16.4. The molecule has 0 aliphatic rings. The first kappa shape index (κ1) is 21.4. The van der Waals surface area contributed by atoms with Gasteiger partial charge in [-0.15, -0.1) is 12.4 Å². The van der Waals surface area contributed by atoms with Crippen LogP contribution in [0.3, 0.4) is 0 Å². The van der Waals surface area contributed by atoms with Crippen LogP contribution >= 0.6 is 12.4 Å². The Morgan fingerprint density at radius 1 is 1.13 bits per heavy atom. The molecule has 1 aromatic rings. The van der Waals surface area contributed by atoms with Crippen molar-refractivity contribution in [2.45, 2.75) is 40.2 Å². The number of carbonyl (C=O) groups excluding carboxylic acids is 2. The standard InChI is InChI=1S/C17H27N3O2.ClH/c1-4-18-12-14-7-5-6-8-15(14)20-16(21)9-10-19-17(22)11-13(2)3;/h5-8,13,18H,4,9-12H2,1-3H3,(H,19,22)(H,20,21);1H. The van der Waals surface area contributed by atoms with Crippen molar-refractivity contribution in [2.24, 2.45) is 5.92 Å². The van der Waals surface area contributed by atoms with E-state index < -0.39 is 0 Å². The summed E-state index contributed by atoms with van der Waals surface area (Å²) in [5.41, 5.74) is 1.88. The third-order valence-electron chi connectivity index (χ3n) is 3.12. The van der Waals surface area contributed by atoms with Crippen LogP contribution in [0, 0.1) is 5.92 Å². The lowest BCUT2D eigenvalue weighted by molar-refractivity contribution is -0.121. The lowest BCUT2D eigenvalue weighted by atomic mass is 10.1. The number of anilines is 1. The van der Waals surface area contributed by atoms with Crippen molar-refractivity contribution in [3.63, 3.8) is 0 Å². The fourth-order valence-corrected chi connectivity index (χ4v) is 2.03. The number of halogens is 1. The normalized spacial score (nSPS) is 10.1. The maximum Gasteiger partial charge on any atom is 0.226 e. The molecule has 0 spiro atoms. The van der Waals surface area contributed by atoms with Gasteiger partial charge in [0.2, 0.25) is 11.8 Å². The summed E-state index contributed by atoms with van der Waals surface area (Å²) >= 11 is 0. The molecule has 0 heterocycles. The highest BCUT2D eigenvalue weighted by molar-refractivity contribution is 5.91. The molecule has 0 saturated carbocycles. The van der Waals surface area contributed by atoms with Crippen LogP contribution in [-0.4, -0.2) is 24.9 Å². The molecule has 6 heteroatoms. The Morgan fingerprint density at radius 2 is 1.83 bits per heavy atom. The van der Waals surface area contributed by atoms with Crippen molar-refractivity contribution >= 4 is 29.9 Å². The molecular formula is C17H28ClN3O2. The van der Waals surface area contributed by atoms with E-state index in [4.69, 9.17) is 0 Å². The quantitative estimate of drug-likeness (QED) is 0.646. The predicted octanol–water partition coefficient (Wildman–Crippen LogP) is 2.71. The molecule has 3 N–H and O–H groups in total. The summed E-state index contributed by atoms with van der Waals surface area (Å²) in [5.74, 6) is 0.232. The van der Waals surface area contributed by atoms with Gasteiger partial charge in [-0.1, -0.05) is 39.0 Å². The molecule has 23 heavy (non-hydrogen) atoms. The number of hydrogen-bond donors (Lipinski definition) is 3. The molecule has 0 unspecified atom stereocenters. The monoisotopic (exact) mass is 341 g/mol. The van der Waals surface area contributed by atoms with Gasteiger partial charge in [0.25, 0.3) is 0 Å². The smallest absolute Gasteiger partial charge is 0.226 e. The fraction of sp³-hybridized carbons (Fsp3) is 0.529. The Labute approximate surface area is 145 Å². The first-order valence-electron chi connectivity index (χ1n) is 7.88. The van der Waals surface area contributed by atoms with Crippen LogP contribution < -0.4 is 16.0 Å². The highest BCUT2D eigenvalue weighted by atomic mass is 35.5. The minimum absolute atomic E-state index is 0. The van der Waals surface area contributed by atoms with Crippen molar-refractivity contribution in [1.82, 2.24) is 10.6 Å². The minimum atomic E-state index is -0.0891. The predicted molar refractivity (Wildman–Crippen MR) is 96.8 cm³/mol. The minimum Gasteiger partial charge on any atom is -0.356 e. The molecular weight excluding hydrogens is 314 g/mol. The zero-order valence-electron chi connectivity index (χ0n) is 14.1. The van der Waals surface area contributed by atoms with Crippen LogP contribution in [-0.2, 0) is 16.1 Å². The number of hydrogen-bond acceptors (Lipinski definition) is 3. The summed E-state index contributed by atoms with van der Waals surface area (Å²) in [6, 6.07) is 7.73. The summed E-state index contributed by atoms with van der Waals surface area (Å²) in [6.45, 7) is 8.00. The van der Waals surface area contributed by atoms with Gasteiger partial charge < -0.3 is 16.0 Å². The first-order chi connectivity index (χ1) is 10.5. The van der Waals surface area contributed by atoms with Gasteiger partial charge in [0.1, 0.15) is 0 Å². The number of para-hydroxylation sites is 1. The van der Waals surface area contributed by atoms with Gasteiger partial charge in [0.05, 0.1) is 0 Å². The van der Waals surface area contributed by atoms with Gasteiger partial charge in [-0.25, -0.2) is 0 Å². The van der Waals surface area contributed by atoms with Crippen LogP contribution in [0.5, 0.6) is 0 Å². The summed E-state index contributed by atoms with van der Waals surface area (Å²) < 4.78 is 0. The molecule has 0 aliphatic carbocycles. The van der Waals surface area contributed by atoms with E-state index in [-0.39, 0.29) is 30.6 Å². The average molecular weight is 342 g/mol. The molecule has 0 atom stereocenters. The molecule has 1 aromatic carbocycles. The number of carbonyl (C=O) groups is 2. The van der Waals surface area contributed by atoms with E-state index in [0.717, 1.165) is 24.3 Å². The van der Waals surface area contributed by atoms with E-state index in [9.17, 15) is 9.59 Å². The SMILES string of the molecule is CCNCc1ccccc1NC(=O)CCNC(=O)CC(C)C.Cl. The van der Waals surface area contributed by atoms with E-state index in [0.29, 0.717) is 18.9 Å². The van der Waals surface area contributed by atoms with Gasteiger partial charge in [0.15, 0.2) is 0 Å². The lowest BCUT2D eigenvalue weighted by Crippen LogP contribution is -2.28. The Balaban J connectivity index is 0.00000484. The molecule has 2 amide bonds. The molecule has 0 aliphatic heterocycles. The van der Waals surface area contributed by atoms with Crippen LogP contribution in [0.1, 0.15) is 39.2 Å². The van der Waals surface area contributed by atoms with Crippen molar-refractivity contribution in [3.8, 4) is 0 Å². The maximum atomic E-state index is 12.0. The summed E-state index contributed by atoms with van der Waals surface area (Å²) in [4.78, 5) is 23.5. The lowest BCUT2D eigenvalue weighted by Gasteiger charge is -2.12. The van der Waals surface area contributed by atoms with Crippen molar-refractivity contribution in [3.05, 3.63) is 29.8 Å². The average Bonchev–Trinajstić information content (AvgIpc) is 2.45. The second-order valence-corrected chi connectivity index (χ2v) is 5.68. The number of amides is 2. The first-order valence-corrected chi connectivity index (χ1v) is 7.88. The third-order valence-corrected chi connectivity index (χ3v) is 3.12. The molecule has 130 valence electrons. The zero-order valence-corrected chi connectivity index (χ0v) is 15.0. The number of rotatable bonds is 9. The second-order valence-electron chi connectivity index (χ2n) is 5.68. The highest BCUT2D eigenvalue weighted by Crippen LogP contribution is 2.14. The highest BCUT2D eigenvalue weighted by Gasteiger charge is 2.08. The van der Waals surface area contributed by atoms with Gasteiger partial charge in [-0.2, -0.15) is 0 Å². The summed E-state index contributed by atoms with van der Waals surface area (Å²) in [7, 11) is 0. The summed E-state index contributed by atoms with van der Waals surface area (Å²) in [5, 5.41) is 8.92. The Kier molecular flexibility index (Phi) is 11.1. The van der Waals surface area contributed by atoms with Crippen LogP contribution in [0.15, 0.2) is 24.3 Å². The molecule has 0 fully saturated rings. The van der Waals surface area contributed by atoms with E-state index in [2.05, 4.69) is 16.0 Å². The van der Waals surface area contributed by atoms with E-state index in [1.165, 1.54) is 0 Å². The van der Waals surface area contributed by atoms with Crippen molar-refractivity contribution in [2.75, 3.05) is 18.4 Å². The largest absolute Gasteiger partial charge is 0.356 e. The Morgan fingerprint density at radius 3 is 2.48 bits per heavy atom. The van der Waals surface area contributed by atoms with Crippen LogP contribution in [0.2, 0.25) is 0 Å². The summed E-state index contributed by atoms with van der Waals surface area (Å²) in [6.07, 6.45) is 0.770. The van der Waals surface area contributed by atoms with Gasteiger partial charge in [0, 0.05) is 31.6 Å². The van der Waals surface area contributed by atoms with E-state index in [1.54, 1.807) is 0 Å². The maximum absolute atomic E-state index is 12.0. The van der Waals surface area contributed by atoms with Crippen LogP contribution in [0.4, 0.5) is 5.69 Å². The van der Waals surface area contributed by atoms with Crippen molar-refractivity contribution in [1.29, 1.82) is 0 Å². The second kappa shape index (κ2) is 11.9. The van der Waals surface area contributed by atoms with Gasteiger partial charge >= 0.3 is 0 Å². The van der Waals surface area contributed by atoms with E-state index in [1.807, 2.05) is 45.0 Å². The van der Waals surface area contributed by atoms with Crippen LogP contribution in [0.25, 0.3) is 0 Å². The van der Waals surface area contributed by atoms with E-state index >= 15 is 0 Å². The van der Waals surface area contributed by atoms with Crippen molar-refractivity contribution < 1.29 is 9.59 Å². The Bertz CT molecular complexity index is 492. The molecule has 0 aromatic heterocycles. The molecule has 0 bridgehead atoms. The Hall–Kier alpha value is -1.59. The topological polar surface area (TPSA) is 70.2 Å². The molecule has 1 rings (SSSR count). The van der Waals surface area contributed by atoms with Gasteiger partial charge in [-0.05, 0) is 24.1 Å². The number of nitrogens with one attached hydrogen (secondary N) is 3. The third kappa shape index (κ3) is 9.21. The molecule has 0 saturated heterocycles. The number of benzene rings is 1. The fourth-order valence-electron chi connectivity index (χ4n) is 2.03. The molecule has 0 radical (unpaired) electrons. The molecule has 5 nitrogen and oxygen atoms in total.